The van der Waals surface area contributed by atoms with Crippen LogP contribution in [-0.4, -0.2) is 73.7 Å². The normalized spacial score (nSPS) is 15.8. The molecule has 0 rings (SSSR count). The van der Waals surface area contributed by atoms with E-state index in [9.17, 15) is 24.0 Å². The van der Waals surface area contributed by atoms with Crippen molar-refractivity contribution >= 4 is 29.9 Å². The summed E-state index contributed by atoms with van der Waals surface area (Å²) >= 11 is 0. The number of carbonyl (C=O) groups excluding carboxylic acids is 5. The third-order valence-electron chi connectivity index (χ3n) is 6.48. The molecule has 0 fully saturated rings. The Bertz CT molecular complexity index is 752. The van der Waals surface area contributed by atoms with Crippen molar-refractivity contribution in [3.63, 3.8) is 0 Å². The molecule has 0 aliphatic carbocycles. The zero-order chi connectivity index (χ0) is 28.7. The van der Waals surface area contributed by atoms with E-state index in [-0.39, 0.29) is 56.4 Å². The summed E-state index contributed by atoms with van der Waals surface area (Å²) < 4.78 is 0. The molecule has 0 aromatic carbocycles. The minimum absolute atomic E-state index is 0. The number of hydrogen-bond acceptors (Lipinski definition) is 7. The van der Waals surface area contributed by atoms with Crippen LogP contribution in [0.15, 0.2) is 0 Å². The SMILES string of the molecule is CCC(C)C(NC)C(=O)NC(CCCCN)C(=O)NC(C(=O)NC(C)C(=O)NC([C-]=O)C(C)C)C(C)C.[Y]. The number of hydrogen-bond donors (Lipinski definition) is 6. The largest absolute Gasteiger partial charge is 0.540 e. The quantitative estimate of drug-likeness (QED) is 0.0941. The number of carbonyl (C=O) groups is 4. The summed E-state index contributed by atoms with van der Waals surface area (Å²) in [6.45, 7) is 13.0. The van der Waals surface area contributed by atoms with Crippen LogP contribution in [0.5, 0.6) is 0 Å². The van der Waals surface area contributed by atoms with E-state index < -0.39 is 47.9 Å². The number of likely N-dealkylation sites (N-methyl/N-ethyl adjacent to an activating group) is 1. The van der Waals surface area contributed by atoms with Crippen LogP contribution in [0.4, 0.5) is 0 Å². The van der Waals surface area contributed by atoms with Crippen molar-refractivity contribution in [1.29, 1.82) is 0 Å². The number of unbranched alkanes of at least 4 members (excludes halogenated alkanes) is 1. The fourth-order valence-corrected chi connectivity index (χ4v) is 3.70. The zero-order valence-electron chi connectivity index (χ0n) is 24.4. The second-order valence-corrected chi connectivity index (χ2v) is 10.3. The average Bonchev–Trinajstić information content (AvgIpc) is 2.84. The number of amides is 4. The molecule has 7 N–H and O–H groups in total. The Morgan fingerprint density at radius 2 is 1.34 bits per heavy atom. The van der Waals surface area contributed by atoms with Crippen LogP contribution in [-0.2, 0) is 56.7 Å². The van der Waals surface area contributed by atoms with Crippen molar-refractivity contribution in [3.05, 3.63) is 0 Å². The number of rotatable bonds is 18. The molecule has 0 saturated carbocycles. The van der Waals surface area contributed by atoms with Crippen LogP contribution in [0.25, 0.3) is 0 Å². The maximum Gasteiger partial charge on any atom is 0.243 e. The van der Waals surface area contributed by atoms with Gasteiger partial charge in [0.15, 0.2) is 0 Å². The van der Waals surface area contributed by atoms with Crippen molar-refractivity contribution in [2.24, 2.45) is 23.5 Å². The monoisotopic (exact) mass is 614 g/mol. The van der Waals surface area contributed by atoms with Gasteiger partial charge in [-0.2, -0.15) is 0 Å². The molecule has 6 unspecified atom stereocenters. The molecule has 0 spiro atoms. The molecule has 11 nitrogen and oxygen atoms in total. The van der Waals surface area contributed by atoms with Gasteiger partial charge in [0, 0.05) is 32.7 Å². The van der Waals surface area contributed by atoms with Gasteiger partial charge < -0.3 is 37.1 Å². The Morgan fingerprint density at radius 1 is 0.763 bits per heavy atom. The molecule has 38 heavy (non-hydrogen) atoms. The third kappa shape index (κ3) is 13.6. The van der Waals surface area contributed by atoms with Gasteiger partial charge in [-0.15, -0.1) is 0 Å². The first-order valence-electron chi connectivity index (χ1n) is 13.3. The van der Waals surface area contributed by atoms with E-state index in [4.69, 9.17) is 5.73 Å². The predicted octanol–water partition coefficient (Wildman–Crippen LogP) is 0.128. The van der Waals surface area contributed by atoms with Gasteiger partial charge in [-0.1, -0.05) is 59.9 Å². The van der Waals surface area contributed by atoms with Crippen LogP contribution in [0, 0.1) is 17.8 Å². The van der Waals surface area contributed by atoms with E-state index in [1.165, 1.54) is 6.92 Å². The standard InChI is InChI=1S/C26H49N6O5.Y/c1-9-17(6)22(28-8)26(37)30-19(12-10-11-13-27)24(35)32-21(16(4)5)25(36)29-18(7)23(34)31-20(14-33)15(2)3;/h15-22,28H,9-13,27H2,1-8H3,(H,29,36)(H,30,37)(H,31,34)(H,32,35);/q-1;. The van der Waals surface area contributed by atoms with Gasteiger partial charge in [0.1, 0.15) is 18.1 Å². The molecule has 0 bridgehead atoms. The number of nitrogens with two attached hydrogens (primary N) is 1. The first-order valence-corrected chi connectivity index (χ1v) is 13.3. The maximum atomic E-state index is 13.2. The zero-order valence-corrected chi connectivity index (χ0v) is 27.2. The van der Waals surface area contributed by atoms with E-state index in [0.29, 0.717) is 25.8 Å². The summed E-state index contributed by atoms with van der Waals surface area (Å²) in [5, 5.41) is 13.8. The van der Waals surface area contributed by atoms with E-state index >= 15 is 0 Å². The molecule has 6 atom stereocenters. The van der Waals surface area contributed by atoms with Crippen LogP contribution < -0.4 is 32.3 Å². The Morgan fingerprint density at radius 3 is 1.79 bits per heavy atom. The Hall–Kier alpha value is -1.43. The van der Waals surface area contributed by atoms with Gasteiger partial charge in [-0.25, -0.2) is 6.29 Å². The molecule has 0 aliphatic rings. The van der Waals surface area contributed by atoms with Gasteiger partial charge in [0.05, 0.1) is 6.04 Å². The maximum absolute atomic E-state index is 13.2. The molecule has 0 aromatic rings. The van der Waals surface area contributed by atoms with Crippen LogP contribution in [0.2, 0.25) is 0 Å². The second-order valence-electron chi connectivity index (χ2n) is 10.3. The van der Waals surface area contributed by atoms with E-state index in [1.807, 2.05) is 13.8 Å². The van der Waals surface area contributed by atoms with Crippen molar-refractivity contribution in [2.45, 2.75) is 104 Å². The summed E-state index contributed by atoms with van der Waals surface area (Å²) in [5.74, 6) is -2.22. The van der Waals surface area contributed by atoms with E-state index in [1.54, 1.807) is 41.0 Å². The molecular formula is C26H49N6O5Y-. The van der Waals surface area contributed by atoms with Gasteiger partial charge in [-0.3, -0.25) is 19.2 Å². The topological polar surface area (TPSA) is 172 Å². The van der Waals surface area contributed by atoms with Crippen LogP contribution in [0.1, 0.15) is 74.1 Å². The van der Waals surface area contributed by atoms with Crippen LogP contribution >= 0.6 is 0 Å². The molecule has 0 saturated heterocycles. The summed E-state index contributed by atoms with van der Waals surface area (Å²) in [4.78, 5) is 62.7. The molecule has 12 heteroatoms. The summed E-state index contributed by atoms with van der Waals surface area (Å²) in [7, 11) is 1.70. The first kappa shape index (κ1) is 38.7. The van der Waals surface area contributed by atoms with E-state index in [0.717, 1.165) is 6.42 Å². The Kier molecular flexibility index (Phi) is 20.9. The minimum Gasteiger partial charge on any atom is -0.540 e. The molecule has 0 aromatic heterocycles. The van der Waals surface area contributed by atoms with Gasteiger partial charge in [0.2, 0.25) is 23.6 Å². The molecular weight excluding hydrogens is 565 g/mol. The Labute approximate surface area is 253 Å². The average molecular weight is 615 g/mol. The molecule has 0 heterocycles. The van der Waals surface area contributed by atoms with Gasteiger partial charge >= 0.3 is 0 Å². The fourth-order valence-electron chi connectivity index (χ4n) is 3.70. The summed E-state index contributed by atoms with van der Waals surface area (Å²) in [6, 6.07) is -3.97. The third-order valence-corrected chi connectivity index (χ3v) is 6.48. The first-order chi connectivity index (χ1) is 17.3. The minimum atomic E-state index is -0.940. The molecule has 4 amide bonds. The fraction of sp³-hybridized carbons (Fsp3) is 0.808. The van der Waals surface area contributed by atoms with Crippen molar-refractivity contribution < 1.29 is 56.7 Å². The smallest absolute Gasteiger partial charge is 0.243 e. The number of nitrogens with one attached hydrogen (secondary N) is 5. The summed E-state index contributed by atoms with van der Waals surface area (Å²) in [6.07, 6.45) is 4.26. The van der Waals surface area contributed by atoms with E-state index in [2.05, 4.69) is 26.6 Å². The molecule has 0 aliphatic heterocycles. The Balaban J connectivity index is 0. The molecule has 1 radical (unpaired) electrons. The van der Waals surface area contributed by atoms with Crippen LogP contribution in [0.3, 0.4) is 0 Å². The second kappa shape index (κ2) is 20.5. The van der Waals surface area contributed by atoms with Crippen molar-refractivity contribution in [2.75, 3.05) is 13.6 Å². The van der Waals surface area contributed by atoms with Gasteiger partial charge in [0.25, 0.3) is 0 Å². The van der Waals surface area contributed by atoms with Gasteiger partial charge in [-0.05, 0) is 51.6 Å². The van der Waals surface area contributed by atoms with Crippen molar-refractivity contribution in [1.82, 2.24) is 26.6 Å². The van der Waals surface area contributed by atoms with Crippen molar-refractivity contribution in [3.8, 4) is 0 Å². The molecule has 217 valence electrons. The summed E-state index contributed by atoms with van der Waals surface area (Å²) in [5.41, 5.74) is 5.60. The predicted molar refractivity (Wildman–Crippen MR) is 144 cm³/mol.